The van der Waals surface area contributed by atoms with Crippen molar-refractivity contribution >= 4 is 27.2 Å². The SMILES string of the molecule is C=CCN1CCCC(S(=O)(=O)C(F)(F)F)=C1CC(=O)c1ccc(Cl)cc1. The van der Waals surface area contributed by atoms with Crippen LogP contribution < -0.4 is 0 Å². The molecule has 26 heavy (non-hydrogen) atoms. The Morgan fingerprint density at radius 3 is 2.42 bits per heavy atom. The Hall–Kier alpha value is -1.80. The molecule has 1 aliphatic heterocycles. The molecule has 9 heteroatoms. The minimum absolute atomic E-state index is 0.117. The first kappa shape index (κ1) is 20.5. The molecule has 1 heterocycles. The topological polar surface area (TPSA) is 54.5 Å². The van der Waals surface area contributed by atoms with Crippen LogP contribution in [-0.2, 0) is 9.84 Å². The molecule has 0 bridgehead atoms. The van der Waals surface area contributed by atoms with Crippen LogP contribution in [0.4, 0.5) is 13.2 Å². The molecule has 1 aromatic rings. The van der Waals surface area contributed by atoms with Gasteiger partial charge in [0.15, 0.2) is 5.78 Å². The molecule has 0 N–H and O–H groups in total. The lowest BCUT2D eigenvalue weighted by Crippen LogP contribution is -2.35. The monoisotopic (exact) mass is 407 g/mol. The maximum Gasteiger partial charge on any atom is 0.501 e. The molecule has 0 radical (unpaired) electrons. The number of nitrogens with zero attached hydrogens (tertiary/aromatic N) is 1. The average molecular weight is 408 g/mol. The molecule has 0 aliphatic carbocycles. The molecule has 0 saturated heterocycles. The summed E-state index contributed by atoms with van der Waals surface area (Å²) in [5.74, 6) is -0.484. The van der Waals surface area contributed by atoms with Gasteiger partial charge in [0.05, 0.1) is 11.3 Å². The Labute approximate surface area is 154 Å². The van der Waals surface area contributed by atoms with E-state index < -0.39 is 32.5 Å². The van der Waals surface area contributed by atoms with E-state index in [1.54, 1.807) is 0 Å². The van der Waals surface area contributed by atoms with Gasteiger partial charge in [-0.1, -0.05) is 17.7 Å². The first-order valence-electron chi connectivity index (χ1n) is 7.76. The fourth-order valence-electron chi connectivity index (χ4n) is 2.77. The van der Waals surface area contributed by atoms with E-state index in [2.05, 4.69) is 6.58 Å². The van der Waals surface area contributed by atoms with Gasteiger partial charge < -0.3 is 4.90 Å². The average Bonchev–Trinajstić information content (AvgIpc) is 2.56. The molecule has 0 fully saturated rings. The highest BCUT2D eigenvalue weighted by Gasteiger charge is 2.50. The van der Waals surface area contributed by atoms with E-state index in [1.165, 1.54) is 35.2 Å². The van der Waals surface area contributed by atoms with Gasteiger partial charge >= 0.3 is 5.51 Å². The quantitative estimate of drug-likeness (QED) is 0.520. The summed E-state index contributed by atoms with van der Waals surface area (Å²) < 4.78 is 63.1. The van der Waals surface area contributed by atoms with Crippen LogP contribution in [0.3, 0.4) is 0 Å². The first-order valence-corrected chi connectivity index (χ1v) is 9.62. The summed E-state index contributed by atoms with van der Waals surface area (Å²) in [5.41, 5.74) is -5.28. The standard InChI is InChI=1S/C17H17ClF3NO3S/c1-2-9-22-10-3-4-16(26(24,25)17(19,20)21)14(22)11-15(23)12-5-7-13(18)8-6-12/h2,5-8H,1,3-4,9-11H2. The highest BCUT2D eigenvalue weighted by atomic mass is 35.5. The van der Waals surface area contributed by atoms with E-state index in [1.807, 2.05) is 0 Å². The van der Waals surface area contributed by atoms with Gasteiger partial charge in [0.1, 0.15) is 0 Å². The minimum Gasteiger partial charge on any atom is -0.370 e. The second-order valence-corrected chi connectivity index (χ2v) is 8.16. The Balaban J connectivity index is 2.48. The van der Waals surface area contributed by atoms with E-state index in [0.717, 1.165) is 0 Å². The third-order valence-corrected chi connectivity index (χ3v) is 5.96. The lowest BCUT2D eigenvalue weighted by Gasteiger charge is -2.33. The Kier molecular flexibility index (Phi) is 6.18. The van der Waals surface area contributed by atoms with Crippen molar-refractivity contribution in [1.29, 1.82) is 0 Å². The van der Waals surface area contributed by atoms with Crippen LogP contribution in [0, 0.1) is 0 Å². The predicted octanol–water partition coefficient (Wildman–Crippen LogP) is 4.34. The van der Waals surface area contributed by atoms with Gasteiger partial charge in [-0.15, -0.1) is 6.58 Å². The van der Waals surface area contributed by atoms with E-state index in [-0.39, 0.29) is 30.6 Å². The normalized spacial score (nSPS) is 15.9. The number of alkyl halides is 3. The van der Waals surface area contributed by atoms with Crippen molar-refractivity contribution in [3.8, 4) is 0 Å². The molecule has 0 unspecified atom stereocenters. The molecule has 1 aromatic carbocycles. The summed E-state index contributed by atoms with van der Waals surface area (Å²) in [6.45, 7) is 4.04. The molecule has 0 aromatic heterocycles. The summed E-state index contributed by atoms with van der Waals surface area (Å²) in [6.07, 6.45) is 1.01. The number of hydrogen-bond donors (Lipinski definition) is 0. The fourth-order valence-corrected chi connectivity index (χ4v) is 4.10. The zero-order valence-corrected chi connectivity index (χ0v) is 15.3. The van der Waals surface area contributed by atoms with Crippen molar-refractivity contribution in [3.63, 3.8) is 0 Å². The number of allylic oxidation sites excluding steroid dienone is 2. The van der Waals surface area contributed by atoms with Crippen molar-refractivity contribution in [2.75, 3.05) is 13.1 Å². The van der Waals surface area contributed by atoms with Crippen molar-refractivity contribution in [2.45, 2.75) is 24.8 Å². The summed E-state index contributed by atoms with van der Waals surface area (Å²) in [5, 5.41) is 0.409. The molecular weight excluding hydrogens is 391 g/mol. The summed E-state index contributed by atoms with van der Waals surface area (Å²) in [4.78, 5) is 13.2. The maximum atomic E-state index is 13.0. The highest BCUT2D eigenvalue weighted by Crippen LogP contribution is 2.37. The molecule has 142 valence electrons. The third-order valence-electron chi connectivity index (χ3n) is 4.01. The number of carbonyl (C=O) groups excluding carboxylic acids is 1. The summed E-state index contributed by atoms with van der Waals surface area (Å²) in [7, 11) is -5.50. The van der Waals surface area contributed by atoms with Crippen molar-refractivity contribution in [2.24, 2.45) is 0 Å². The predicted molar refractivity (Wildman–Crippen MR) is 93.4 cm³/mol. The Morgan fingerprint density at radius 2 is 1.88 bits per heavy atom. The van der Waals surface area contributed by atoms with Crippen LogP contribution in [0.5, 0.6) is 0 Å². The third kappa shape index (κ3) is 4.29. The molecule has 4 nitrogen and oxygen atoms in total. The number of Topliss-reactive ketones (excluding diaryl/α,β-unsaturated/α-hetero) is 1. The Morgan fingerprint density at radius 1 is 1.27 bits per heavy atom. The van der Waals surface area contributed by atoms with Gasteiger partial charge in [-0.2, -0.15) is 13.2 Å². The van der Waals surface area contributed by atoms with Gasteiger partial charge in [0, 0.05) is 29.4 Å². The van der Waals surface area contributed by atoms with Gasteiger partial charge in [0.2, 0.25) is 0 Å². The smallest absolute Gasteiger partial charge is 0.370 e. The van der Waals surface area contributed by atoms with Crippen LogP contribution in [-0.4, -0.2) is 37.7 Å². The molecule has 0 atom stereocenters. The van der Waals surface area contributed by atoms with Crippen molar-refractivity contribution in [3.05, 3.63) is 58.1 Å². The van der Waals surface area contributed by atoms with Crippen LogP contribution in [0.1, 0.15) is 29.6 Å². The Bertz CT molecular complexity index is 830. The molecular formula is C17H17ClF3NO3S. The lowest BCUT2D eigenvalue weighted by molar-refractivity contribution is -0.0429. The van der Waals surface area contributed by atoms with E-state index >= 15 is 0 Å². The second kappa shape index (κ2) is 7.84. The van der Waals surface area contributed by atoms with Gasteiger partial charge in [-0.3, -0.25) is 4.79 Å². The van der Waals surface area contributed by atoms with E-state index in [9.17, 15) is 26.4 Å². The number of sulfone groups is 1. The number of carbonyl (C=O) groups is 1. The molecule has 0 amide bonds. The van der Waals surface area contributed by atoms with Crippen LogP contribution in [0.25, 0.3) is 0 Å². The lowest BCUT2D eigenvalue weighted by atomic mass is 10.0. The molecule has 2 rings (SSSR count). The summed E-state index contributed by atoms with van der Waals surface area (Å²) in [6, 6.07) is 5.87. The molecule has 1 aliphatic rings. The zero-order chi connectivity index (χ0) is 19.5. The van der Waals surface area contributed by atoms with Gasteiger partial charge in [0.25, 0.3) is 9.84 Å². The van der Waals surface area contributed by atoms with Crippen molar-refractivity contribution in [1.82, 2.24) is 4.90 Å². The van der Waals surface area contributed by atoms with Crippen LogP contribution in [0.2, 0.25) is 5.02 Å². The van der Waals surface area contributed by atoms with Crippen LogP contribution in [0.15, 0.2) is 47.5 Å². The van der Waals surface area contributed by atoms with Crippen molar-refractivity contribution < 1.29 is 26.4 Å². The minimum atomic E-state index is -5.50. The maximum absolute atomic E-state index is 13.0. The first-order chi connectivity index (χ1) is 12.1. The van der Waals surface area contributed by atoms with Gasteiger partial charge in [-0.25, -0.2) is 8.42 Å². The zero-order valence-electron chi connectivity index (χ0n) is 13.7. The van der Waals surface area contributed by atoms with Crippen LogP contribution >= 0.6 is 11.6 Å². The van der Waals surface area contributed by atoms with E-state index in [4.69, 9.17) is 11.6 Å². The number of benzene rings is 1. The summed E-state index contributed by atoms with van der Waals surface area (Å²) >= 11 is 5.76. The van der Waals surface area contributed by atoms with E-state index in [0.29, 0.717) is 11.6 Å². The number of hydrogen-bond acceptors (Lipinski definition) is 4. The van der Waals surface area contributed by atoms with Gasteiger partial charge in [-0.05, 0) is 37.1 Å². The highest BCUT2D eigenvalue weighted by molar-refractivity contribution is 7.96. The molecule has 0 spiro atoms. The largest absolute Gasteiger partial charge is 0.501 e. The molecule has 0 saturated carbocycles. The second-order valence-electron chi connectivity index (χ2n) is 5.76. The fraction of sp³-hybridized carbons (Fsp3) is 0.353. The number of halogens is 4. The number of ketones is 1. The number of rotatable bonds is 6.